The fourth-order valence-corrected chi connectivity index (χ4v) is 4.82. The minimum absolute atomic E-state index is 0.0444. The lowest BCUT2D eigenvalue weighted by atomic mass is 9.95. The van der Waals surface area contributed by atoms with Crippen molar-refractivity contribution in [2.75, 3.05) is 4.72 Å². The SMILES string of the molecule is Cc1ccc(S(=O)(=O)Nc2cc(C(F)(F)F)ccc2Cl)cc1C(=O)NC1CCCCC1. The van der Waals surface area contributed by atoms with Gasteiger partial charge in [-0.1, -0.05) is 36.9 Å². The second-order valence-corrected chi connectivity index (χ2v) is 9.67. The van der Waals surface area contributed by atoms with Crippen LogP contribution in [0.4, 0.5) is 18.9 Å². The number of halogens is 4. The number of hydrogen-bond donors (Lipinski definition) is 2. The zero-order valence-electron chi connectivity index (χ0n) is 16.7. The Labute approximate surface area is 184 Å². The number of hydrogen-bond acceptors (Lipinski definition) is 3. The van der Waals surface area contributed by atoms with E-state index < -0.39 is 27.5 Å². The third-order valence-electron chi connectivity index (χ3n) is 5.24. The van der Waals surface area contributed by atoms with Crippen LogP contribution in [-0.2, 0) is 16.2 Å². The summed E-state index contributed by atoms with van der Waals surface area (Å²) in [6.07, 6.45) is 0.276. The van der Waals surface area contributed by atoms with Gasteiger partial charge in [-0.15, -0.1) is 0 Å². The van der Waals surface area contributed by atoms with Crippen LogP contribution in [0.25, 0.3) is 0 Å². The Morgan fingerprint density at radius 2 is 1.74 bits per heavy atom. The standard InChI is InChI=1S/C21H22ClF3N2O3S/c1-13-7-9-16(12-17(13)20(28)26-15-5-3-2-4-6-15)31(29,30)27-19-11-14(21(23,24)25)8-10-18(19)22/h7-12,15,27H,2-6H2,1H3,(H,26,28). The molecule has 2 N–H and O–H groups in total. The maximum Gasteiger partial charge on any atom is 0.416 e. The molecule has 10 heteroatoms. The van der Waals surface area contributed by atoms with E-state index in [9.17, 15) is 26.4 Å². The van der Waals surface area contributed by atoms with Crippen LogP contribution in [0.15, 0.2) is 41.3 Å². The minimum atomic E-state index is -4.65. The molecule has 0 saturated heterocycles. The number of carbonyl (C=O) groups excluding carboxylic acids is 1. The van der Waals surface area contributed by atoms with Crippen molar-refractivity contribution < 1.29 is 26.4 Å². The van der Waals surface area contributed by atoms with Gasteiger partial charge in [-0.2, -0.15) is 13.2 Å². The summed E-state index contributed by atoms with van der Waals surface area (Å²) in [5, 5.41) is 2.76. The predicted octanol–water partition coefficient (Wildman–Crippen LogP) is 5.53. The van der Waals surface area contributed by atoms with Gasteiger partial charge in [0.1, 0.15) is 0 Å². The zero-order chi connectivity index (χ0) is 22.8. The van der Waals surface area contributed by atoms with Gasteiger partial charge >= 0.3 is 6.18 Å². The van der Waals surface area contributed by atoms with E-state index in [2.05, 4.69) is 10.0 Å². The van der Waals surface area contributed by atoms with Gasteiger partial charge in [0.25, 0.3) is 15.9 Å². The molecular weight excluding hydrogens is 453 g/mol. The Bertz CT molecular complexity index is 1080. The van der Waals surface area contributed by atoms with Crippen LogP contribution in [0.1, 0.15) is 53.6 Å². The Morgan fingerprint density at radius 1 is 1.06 bits per heavy atom. The van der Waals surface area contributed by atoms with Gasteiger partial charge in [0, 0.05) is 11.6 Å². The second-order valence-electron chi connectivity index (χ2n) is 7.58. The van der Waals surface area contributed by atoms with Crippen molar-refractivity contribution in [3.63, 3.8) is 0 Å². The first-order valence-electron chi connectivity index (χ1n) is 9.78. The predicted molar refractivity (Wildman–Crippen MR) is 113 cm³/mol. The van der Waals surface area contributed by atoms with Gasteiger partial charge in [0.05, 0.1) is 21.2 Å². The van der Waals surface area contributed by atoms with Crippen LogP contribution in [0, 0.1) is 6.92 Å². The van der Waals surface area contributed by atoms with Crippen LogP contribution < -0.4 is 10.0 Å². The molecule has 0 aromatic heterocycles. The van der Waals surface area contributed by atoms with E-state index in [-0.39, 0.29) is 27.4 Å². The van der Waals surface area contributed by atoms with E-state index >= 15 is 0 Å². The van der Waals surface area contributed by atoms with Gasteiger partial charge in [-0.25, -0.2) is 8.42 Å². The molecule has 3 rings (SSSR count). The molecule has 1 fully saturated rings. The molecule has 1 amide bonds. The molecule has 2 aromatic carbocycles. The van der Waals surface area contributed by atoms with E-state index in [0.717, 1.165) is 44.2 Å². The molecule has 1 saturated carbocycles. The highest BCUT2D eigenvalue weighted by molar-refractivity contribution is 7.92. The lowest BCUT2D eigenvalue weighted by Gasteiger charge is -2.23. The van der Waals surface area contributed by atoms with E-state index in [4.69, 9.17) is 11.6 Å². The highest BCUT2D eigenvalue weighted by atomic mass is 35.5. The summed E-state index contributed by atoms with van der Waals surface area (Å²) < 4.78 is 66.6. The molecule has 0 heterocycles. The van der Waals surface area contributed by atoms with Crippen molar-refractivity contribution in [3.8, 4) is 0 Å². The fourth-order valence-electron chi connectivity index (χ4n) is 3.51. The minimum Gasteiger partial charge on any atom is -0.349 e. The smallest absolute Gasteiger partial charge is 0.349 e. The van der Waals surface area contributed by atoms with Crippen molar-refractivity contribution in [1.82, 2.24) is 5.32 Å². The van der Waals surface area contributed by atoms with Crippen LogP contribution in [-0.4, -0.2) is 20.4 Å². The summed E-state index contributed by atoms with van der Waals surface area (Å²) in [7, 11) is -4.29. The molecule has 1 aliphatic carbocycles. The lowest BCUT2D eigenvalue weighted by molar-refractivity contribution is -0.137. The largest absolute Gasteiger partial charge is 0.416 e. The van der Waals surface area contributed by atoms with Crippen LogP contribution in [0.5, 0.6) is 0 Å². The maximum absolute atomic E-state index is 13.0. The van der Waals surface area contributed by atoms with Gasteiger partial charge < -0.3 is 5.32 Å². The molecule has 31 heavy (non-hydrogen) atoms. The van der Waals surface area contributed by atoms with Gasteiger partial charge in [0.15, 0.2) is 0 Å². The average Bonchev–Trinajstić information content (AvgIpc) is 2.69. The van der Waals surface area contributed by atoms with E-state index in [0.29, 0.717) is 11.6 Å². The highest BCUT2D eigenvalue weighted by Gasteiger charge is 2.31. The van der Waals surface area contributed by atoms with Gasteiger partial charge in [-0.05, 0) is 55.7 Å². The molecule has 0 bridgehead atoms. The van der Waals surface area contributed by atoms with Crippen molar-refractivity contribution in [2.45, 2.75) is 56.1 Å². The summed E-state index contributed by atoms with van der Waals surface area (Å²) in [6, 6.07) is 6.40. The number of amides is 1. The number of carbonyl (C=O) groups is 1. The molecule has 1 aliphatic rings. The normalized spacial score (nSPS) is 15.5. The summed E-state index contributed by atoms with van der Waals surface area (Å²) in [5.74, 6) is -0.376. The first-order chi connectivity index (χ1) is 14.5. The number of sulfonamides is 1. The van der Waals surface area contributed by atoms with Crippen molar-refractivity contribution in [1.29, 1.82) is 0 Å². The Balaban J connectivity index is 1.87. The molecule has 0 atom stereocenters. The fraction of sp³-hybridized carbons (Fsp3) is 0.381. The number of benzene rings is 2. The summed E-state index contributed by atoms with van der Waals surface area (Å²) in [6.45, 7) is 1.68. The first kappa shape index (κ1) is 23.4. The van der Waals surface area contributed by atoms with Crippen molar-refractivity contribution >= 4 is 33.2 Å². The average molecular weight is 475 g/mol. The van der Waals surface area contributed by atoms with E-state index in [1.165, 1.54) is 18.2 Å². The third kappa shape index (κ3) is 5.71. The van der Waals surface area contributed by atoms with Crippen LogP contribution in [0.3, 0.4) is 0 Å². The summed E-state index contributed by atoms with van der Waals surface area (Å²) in [5.41, 5.74) is -0.649. The lowest BCUT2D eigenvalue weighted by Crippen LogP contribution is -2.36. The van der Waals surface area contributed by atoms with Gasteiger partial charge in [-0.3, -0.25) is 9.52 Å². The quantitative estimate of drug-likeness (QED) is 0.598. The molecular formula is C21H22ClF3N2O3S. The molecule has 5 nitrogen and oxygen atoms in total. The highest BCUT2D eigenvalue weighted by Crippen LogP contribution is 2.34. The van der Waals surface area contributed by atoms with Crippen molar-refractivity contribution in [2.24, 2.45) is 0 Å². The monoisotopic (exact) mass is 474 g/mol. The molecule has 0 spiro atoms. The number of rotatable bonds is 5. The molecule has 168 valence electrons. The second kappa shape index (κ2) is 9.08. The van der Waals surface area contributed by atoms with E-state index in [1.807, 2.05) is 0 Å². The Hall–Kier alpha value is -2.26. The molecule has 0 radical (unpaired) electrons. The van der Waals surface area contributed by atoms with Gasteiger partial charge in [0.2, 0.25) is 0 Å². The first-order valence-corrected chi connectivity index (χ1v) is 11.6. The number of aryl methyl sites for hydroxylation is 1. The molecule has 0 unspecified atom stereocenters. The topological polar surface area (TPSA) is 75.3 Å². The summed E-state index contributed by atoms with van der Waals surface area (Å²) >= 11 is 5.90. The molecule has 0 aliphatic heterocycles. The van der Waals surface area contributed by atoms with Crippen LogP contribution in [0.2, 0.25) is 5.02 Å². The Morgan fingerprint density at radius 3 is 2.39 bits per heavy atom. The number of alkyl halides is 3. The summed E-state index contributed by atoms with van der Waals surface area (Å²) in [4.78, 5) is 12.5. The van der Waals surface area contributed by atoms with E-state index in [1.54, 1.807) is 6.92 Å². The molecule has 2 aromatic rings. The number of nitrogens with one attached hydrogen (secondary N) is 2. The number of anilines is 1. The van der Waals surface area contributed by atoms with Crippen molar-refractivity contribution in [3.05, 3.63) is 58.1 Å². The Kier molecular flexibility index (Phi) is 6.85. The zero-order valence-corrected chi connectivity index (χ0v) is 18.3. The van der Waals surface area contributed by atoms with Crippen LogP contribution >= 0.6 is 11.6 Å². The third-order valence-corrected chi connectivity index (χ3v) is 6.94. The maximum atomic E-state index is 13.0.